The number of benzene rings is 1. The first-order chi connectivity index (χ1) is 8.71. The predicted octanol–water partition coefficient (Wildman–Crippen LogP) is 3.67. The second kappa shape index (κ2) is 3.24. The Bertz CT molecular complexity index is 629. The van der Waals surface area contributed by atoms with Crippen molar-refractivity contribution in [2.45, 2.75) is 32.0 Å². The molecule has 1 heterocycles. The second-order valence-electron chi connectivity index (χ2n) is 5.64. The maximum absolute atomic E-state index is 6.00. The van der Waals surface area contributed by atoms with Crippen LogP contribution >= 0.6 is 0 Å². The van der Waals surface area contributed by atoms with E-state index in [-0.39, 0.29) is 11.7 Å². The van der Waals surface area contributed by atoms with Gasteiger partial charge in [0.1, 0.15) is 11.7 Å². The summed E-state index contributed by atoms with van der Waals surface area (Å²) >= 11 is 0. The summed E-state index contributed by atoms with van der Waals surface area (Å²) in [4.78, 5) is 0. The fraction of sp³-hybridized carbons (Fsp3) is 0.294. The number of fused-ring (bicyclic) bond motifs is 4. The Balaban J connectivity index is 1.88. The molecule has 1 heteroatoms. The average molecular weight is 236 g/mol. The zero-order chi connectivity index (χ0) is 12.3. The molecule has 3 aliphatic rings. The SMILES string of the molecule is CC(C)=CC12OC1C=CC1=C2Cc2ccccc21. The van der Waals surface area contributed by atoms with Crippen LogP contribution in [0, 0.1) is 0 Å². The van der Waals surface area contributed by atoms with Gasteiger partial charge in [0.05, 0.1) is 0 Å². The molecule has 1 aromatic carbocycles. The molecule has 0 saturated carbocycles. The molecule has 1 nitrogen and oxygen atoms in total. The van der Waals surface area contributed by atoms with Crippen molar-refractivity contribution in [3.05, 3.63) is 64.8 Å². The number of hydrogen-bond acceptors (Lipinski definition) is 1. The van der Waals surface area contributed by atoms with Gasteiger partial charge >= 0.3 is 0 Å². The van der Waals surface area contributed by atoms with E-state index < -0.39 is 0 Å². The van der Waals surface area contributed by atoms with E-state index in [0.29, 0.717) is 0 Å². The number of allylic oxidation sites excluding steroid dienone is 3. The number of epoxide rings is 1. The van der Waals surface area contributed by atoms with Crippen LogP contribution in [0.25, 0.3) is 5.57 Å². The number of hydrogen-bond donors (Lipinski definition) is 0. The molecule has 2 atom stereocenters. The maximum Gasteiger partial charge on any atom is 0.139 e. The maximum atomic E-state index is 6.00. The van der Waals surface area contributed by atoms with Crippen molar-refractivity contribution in [2.24, 2.45) is 0 Å². The molecule has 90 valence electrons. The first kappa shape index (κ1) is 10.3. The highest BCUT2D eigenvalue weighted by Gasteiger charge is 2.59. The van der Waals surface area contributed by atoms with E-state index >= 15 is 0 Å². The van der Waals surface area contributed by atoms with Crippen LogP contribution in [0.4, 0.5) is 0 Å². The third-order valence-corrected chi connectivity index (χ3v) is 4.10. The zero-order valence-corrected chi connectivity index (χ0v) is 10.7. The third-order valence-electron chi connectivity index (χ3n) is 4.10. The lowest BCUT2D eigenvalue weighted by atomic mass is 9.86. The highest BCUT2D eigenvalue weighted by molar-refractivity contribution is 5.87. The summed E-state index contributed by atoms with van der Waals surface area (Å²) in [6.45, 7) is 4.29. The lowest BCUT2D eigenvalue weighted by Gasteiger charge is -2.15. The molecule has 0 aromatic heterocycles. The van der Waals surface area contributed by atoms with Crippen LogP contribution in [0.2, 0.25) is 0 Å². The molecule has 18 heavy (non-hydrogen) atoms. The van der Waals surface area contributed by atoms with Crippen LogP contribution in [-0.2, 0) is 11.2 Å². The fourth-order valence-electron chi connectivity index (χ4n) is 3.34. The molecule has 2 aliphatic carbocycles. The molecular weight excluding hydrogens is 220 g/mol. The standard InChI is InChI=1S/C17H16O/c1-11(2)10-17-15-9-12-5-3-4-6-13(12)14(15)7-8-16(17)18-17/h3-8,10,16H,9H2,1-2H3. The summed E-state index contributed by atoms with van der Waals surface area (Å²) in [6, 6.07) is 8.70. The Hall–Kier alpha value is -1.60. The fourth-order valence-corrected chi connectivity index (χ4v) is 3.34. The van der Waals surface area contributed by atoms with Crippen molar-refractivity contribution in [3.8, 4) is 0 Å². The number of rotatable bonds is 1. The van der Waals surface area contributed by atoms with Crippen molar-refractivity contribution in [2.75, 3.05) is 0 Å². The van der Waals surface area contributed by atoms with Crippen molar-refractivity contribution >= 4 is 5.57 Å². The summed E-state index contributed by atoms with van der Waals surface area (Å²) in [6.07, 6.45) is 8.05. The third kappa shape index (κ3) is 1.20. The molecule has 1 saturated heterocycles. The van der Waals surface area contributed by atoms with Crippen LogP contribution < -0.4 is 0 Å². The minimum atomic E-state index is -0.123. The predicted molar refractivity (Wildman–Crippen MR) is 73.2 cm³/mol. The summed E-state index contributed by atoms with van der Waals surface area (Å²) in [7, 11) is 0. The van der Waals surface area contributed by atoms with E-state index in [0.717, 1.165) is 6.42 Å². The smallest absolute Gasteiger partial charge is 0.139 e. The van der Waals surface area contributed by atoms with Crippen molar-refractivity contribution < 1.29 is 4.74 Å². The van der Waals surface area contributed by atoms with E-state index in [9.17, 15) is 0 Å². The van der Waals surface area contributed by atoms with Crippen LogP contribution in [-0.4, -0.2) is 11.7 Å². The Morgan fingerprint density at radius 2 is 2.17 bits per heavy atom. The van der Waals surface area contributed by atoms with Gasteiger partial charge in [-0.1, -0.05) is 42.0 Å². The van der Waals surface area contributed by atoms with Gasteiger partial charge in [0.25, 0.3) is 0 Å². The van der Waals surface area contributed by atoms with E-state index in [1.165, 1.54) is 27.8 Å². The van der Waals surface area contributed by atoms with E-state index in [1.54, 1.807) is 0 Å². The lowest BCUT2D eigenvalue weighted by Crippen LogP contribution is -2.18. The van der Waals surface area contributed by atoms with Gasteiger partial charge in [-0.05, 0) is 48.6 Å². The van der Waals surface area contributed by atoms with Crippen LogP contribution in [0.5, 0.6) is 0 Å². The minimum Gasteiger partial charge on any atom is -0.352 e. The molecule has 1 aromatic rings. The Morgan fingerprint density at radius 1 is 1.33 bits per heavy atom. The zero-order valence-electron chi connectivity index (χ0n) is 10.7. The summed E-state index contributed by atoms with van der Waals surface area (Å²) in [5, 5.41) is 0. The van der Waals surface area contributed by atoms with Crippen molar-refractivity contribution in [3.63, 3.8) is 0 Å². The molecule has 0 N–H and O–H groups in total. The molecule has 1 fully saturated rings. The normalized spacial score (nSPS) is 30.7. The first-order valence-corrected chi connectivity index (χ1v) is 6.55. The van der Waals surface area contributed by atoms with Gasteiger partial charge < -0.3 is 4.74 Å². The van der Waals surface area contributed by atoms with E-state index in [2.05, 4.69) is 56.3 Å². The molecule has 2 unspecified atom stereocenters. The first-order valence-electron chi connectivity index (χ1n) is 6.55. The number of ether oxygens (including phenoxy) is 1. The van der Waals surface area contributed by atoms with Gasteiger partial charge in [0, 0.05) is 0 Å². The highest BCUT2D eigenvalue weighted by Crippen LogP contribution is 2.55. The summed E-state index contributed by atoms with van der Waals surface area (Å²) in [5.74, 6) is 0. The molecule has 4 rings (SSSR count). The van der Waals surface area contributed by atoms with Gasteiger partial charge in [-0.3, -0.25) is 0 Å². The molecular formula is C17H16O. The van der Waals surface area contributed by atoms with Gasteiger partial charge in [-0.25, -0.2) is 0 Å². The quantitative estimate of drug-likeness (QED) is 0.535. The summed E-state index contributed by atoms with van der Waals surface area (Å²) in [5.41, 5.74) is 6.87. The Morgan fingerprint density at radius 3 is 3.00 bits per heavy atom. The van der Waals surface area contributed by atoms with E-state index in [1.807, 2.05) is 0 Å². The molecule has 1 aliphatic heterocycles. The van der Waals surface area contributed by atoms with Gasteiger partial charge in [0.2, 0.25) is 0 Å². The van der Waals surface area contributed by atoms with Gasteiger partial charge in [-0.15, -0.1) is 0 Å². The molecule has 0 spiro atoms. The molecule has 0 radical (unpaired) electrons. The topological polar surface area (TPSA) is 12.5 Å². The van der Waals surface area contributed by atoms with Crippen molar-refractivity contribution in [1.29, 1.82) is 0 Å². The highest BCUT2D eigenvalue weighted by atomic mass is 16.6. The molecule has 0 bridgehead atoms. The van der Waals surface area contributed by atoms with Crippen LogP contribution in [0.15, 0.2) is 53.6 Å². The van der Waals surface area contributed by atoms with Gasteiger partial charge in [-0.2, -0.15) is 0 Å². The largest absolute Gasteiger partial charge is 0.352 e. The van der Waals surface area contributed by atoms with Crippen molar-refractivity contribution in [1.82, 2.24) is 0 Å². The van der Waals surface area contributed by atoms with Gasteiger partial charge in [0.15, 0.2) is 0 Å². The minimum absolute atomic E-state index is 0.123. The van der Waals surface area contributed by atoms with Crippen LogP contribution in [0.1, 0.15) is 25.0 Å². The molecule has 0 amide bonds. The summed E-state index contributed by atoms with van der Waals surface area (Å²) < 4.78 is 6.00. The average Bonchev–Trinajstić information content (AvgIpc) is 2.92. The Kier molecular flexibility index (Phi) is 1.86. The monoisotopic (exact) mass is 236 g/mol. The van der Waals surface area contributed by atoms with Crippen LogP contribution in [0.3, 0.4) is 0 Å². The van der Waals surface area contributed by atoms with E-state index in [4.69, 9.17) is 4.74 Å². The Labute approximate surface area is 107 Å². The second-order valence-corrected chi connectivity index (χ2v) is 5.64. The lowest BCUT2D eigenvalue weighted by molar-refractivity contribution is 0.365.